The van der Waals surface area contributed by atoms with Gasteiger partial charge in [-0.15, -0.1) is 0 Å². The Morgan fingerprint density at radius 2 is 1.72 bits per heavy atom. The summed E-state index contributed by atoms with van der Waals surface area (Å²) in [6.45, 7) is 13.7. The van der Waals surface area contributed by atoms with Crippen LogP contribution in [0.1, 0.15) is 65.9 Å². The Bertz CT molecular complexity index is 514. The van der Waals surface area contributed by atoms with E-state index in [1.54, 1.807) is 0 Å². The van der Waals surface area contributed by atoms with Gasteiger partial charge in [-0.05, 0) is 34.9 Å². The van der Waals surface area contributed by atoms with E-state index in [2.05, 4.69) is 51.5 Å². The van der Waals surface area contributed by atoms with Gasteiger partial charge in [0, 0.05) is 6.42 Å². The summed E-state index contributed by atoms with van der Waals surface area (Å²) in [4.78, 5) is 11.1. The number of benzene rings is 1. The molecule has 0 aromatic heterocycles. The highest BCUT2D eigenvalue weighted by molar-refractivity contribution is 5.69. The second-order valence-corrected chi connectivity index (χ2v) is 7.81. The van der Waals surface area contributed by atoms with Gasteiger partial charge in [-0.2, -0.15) is 0 Å². The number of carbonyl (C=O) groups is 1. The minimum Gasteiger partial charge on any atom is -0.469 e. The number of esters is 1. The molecule has 0 amide bonds. The largest absolute Gasteiger partial charge is 0.469 e. The molecule has 1 rings (SSSR count). The fourth-order valence-corrected chi connectivity index (χ4v) is 3.40. The van der Waals surface area contributed by atoms with Gasteiger partial charge in [-0.25, -0.2) is 0 Å². The van der Waals surface area contributed by atoms with Gasteiger partial charge >= 0.3 is 5.97 Å². The molecule has 1 aromatic rings. The van der Waals surface area contributed by atoms with Crippen molar-refractivity contribution in [1.29, 1.82) is 0 Å². The Morgan fingerprint density at radius 1 is 1.12 bits per heavy atom. The molecule has 0 radical (unpaired) electrons. The monoisotopic (exact) mass is 350 g/mol. The lowest BCUT2D eigenvalue weighted by atomic mass is 9.70. The number of hydrogen-bond acceptors (Lipinski definition) is 4. The molecule has 0 saturated carbocycles. The van der Waals surface area contributed by atoms with E-state index >= 15 is 0 Å². The SMILES string of the molecule is CCC(OCCC(=O)OC)Oc1ccc(C(C(C)C)C(C)(C)C)cc1. The summed E-state index contributed by atoms with van der Waals surface area (Å²) in [6.07, 6.45) is 0.579. The first kappa shape index (κ1) is 21.5. The Kier molecular flexibility index (Phi) is 8.43. The first-order valence-corrected chi connectivity index (χ1v) is 9.14. The molecule has 2 atom stereocenters. The summed E-state index contributed by atoms with van der Waals surface area (Å²) >= 11 is 0. The van der Waals surface area contributed by atoms with Crippen LogP contribution in [0.25, 0.3) is 0 Å². The van der Waals surface area contributed by atoms with E-state index in [0.717, 1.165) is 5.75 Å². The van der Waals surface area contributed by atoms with Crippen molar-refractivity contribution in [2.24, 2.45) is 11.3 Å². The first-order chi connectivity index (χ1) is 11.7. The molecule has 1 aromatic carbocycles. The number of methoxy groups -OCH3 is 1. The van der Waals surface area contributed by atoms with E-state index in [-0.39, 0.29) is 24.1 Å². The second-order valence-electron chi connectivity index (χ2n) is 7.81. The predicted molar refractivity (Wildman–Crippen MR) is 101 cm³/mol. The predicted octanol–water partition coefficient (Wildman–Crippen LogP) is 5.17. The van der Waals surface area contributed by atoms with Crippen molar-refractivity contribution in [3.8, 4) is 5.75 Å². The van der Waals surface area contributed by atoms with Gasteiger partial charge in [0.1, 0.15) is 5.75 Å². The van der Waals surface area contributed by atoms with Gasteiger partial charge in [-0.3, -0.25) is 4.79 Å². The van der Waals surface area contributed by atoms with Crippen molar-refractivity contribution in [3.05, 3.63) is 29.8 Å². The standard InChI is InChI=1S/C21H34O4/c1-8-19(24-14-13-18(22)23-7)25-17-11-9-16(10-12-17)20(15(2)3)21(4,5)6/h9-12,15,19-20H,8,13-14H2,1-7H3. The average Bonchev–Trinajstić information content (AvgIpc) is 2.53. The molecule has 0 aliphatic carbocycles. The number of carbonyl (C=O) groups excluding carboxylic acids is 1. The fourth-order valence-electron chi connectivity index (χ4n) is 3.40. The molecule has 142 valence electrons. The van der Waals surface area contributed by atoms with Crippen LogP contribution in [0.5, 0.6) is 5.75 Å². The van der Waals surface area contributed by atoms with E-state index in [0.29, 0.717) is 24.9 Å². The Hall–Kier alpha value is -1.55. The van der Waals surface area contributed by atoms with Gasteiger partial charge in [-0.1, -0.05) is 53.7 Å². The second kappa shape index (κ2) is 9.81. The van der Waals surface area contributed by atoms with Crippen LogP contribution >= 0.6 is 0 Å². The zero-order valence-corrected chi connectivity index (χ0v) is 16.8. The maximum absolute atomic E-state index is 11.1. The lowest BCUT2D eigenvalue weighted by Gasteiger charge is -2.34. The molecule has 0 heterocycles. The van der Waals surface area contributed by atoms with Crippen LogP contribution in [0.2, 0.25) is 0 Å². The molecule has 0 N–H and O–H groups in total. The summed E-state index contributed by atoms with van der Waals surface area (Å²) in [5.74, 6) is 1.56. The molecule has 0 saturated heterocycles. The van der Waals surface area contributed by atoms with Crippen LogP contribution in [0.3, 0.4) is 0 Å². The molecule has 2 unspecified atom stereocenters. The number of ether oxygens (including phenoxy) is 3. The fraction of sp³-hybridized carbons (Fsp3) is 0.667. The third kappa shape index (κ3) is 7.07. The lowest BCUT2D eigenvalue weighted by molar-refractivity contribution is -0.144. The van der Waals surface area contributed by atoms with Gasteiger partial charge in [0.05, 0.1) is 20.1 Å². The van der Waals surface area contributed by atoms with E-state index in [1.165, 1.54) is 12.7 Å². The van der Waals surface area contributed by atoms with Crippen molar-refractivity contribution in [1.82, 2.24) is 0 Å². The normalized spacial score (nSPS) is 14.2. The summed E-state index contributed by atoms with van der Waals surface area (Å²) in [7, 11) is 1.37. The van der Waals surface area contributed by atoms with Gasteiger partial charge in [0.25, 0.3) is 0 Å². The average molecular weight is 350 g/mol. The lowest BCUT2D eigenvalue weighted by Crippen LogP contribution is -2.23. The third-order valence-corrected chi connectivity index (χ3v) is 4.28. The van der Waals surface area contributed by atoms with Gasteiger partial charge in [0.2, 0.25) is 0 Å². The highest BCUT2D eigenvalue weighted by atomic mass is 16.7. The molecular formula is C21H34O4. The molecular weight excluding hydrogens is 316 g/mol. The van der Waals surface area contributed by atoms with E-state index in [1.807, 2.05) is 19.1 Å². The summed E-state index contributed by atoms with van der Waals surface area (Å²) in [5.41, 5.74) is 1.54. The van der Waals surface area contributed by atoms with Crippen LogP contribution in [-0.2, 0) is 14.3 Å². The van der Waals surface area contributed by atoms with Crippen LogP contribution in [0.15, 0.2) is 24.3 Å². The van der Waals surface area contributed by atoms with Crippen molar-refractivity contribution in [2.75, 3.05) is 13.7 Å². The quantitative estimate of drug-likeness (QED) is 0.455. The summed E-state index contributed by atoms with van der Waals surface area (Å²) < 4.78 is 16.1. The Balaban J connectivity index is 2.69. The maximum Gasteiger partial charge on any atom is 0.307 e. The smallest absolute Gasteiger partial charge is 0.307 e. The highest BCUT2D eigenvalue weighted by Crippen LogP contribution is 2.40. The van der Waals surface area contributed by atoms with Crippen molar-refractivity contribution in [3.63, 3.8) is 0 Å². The van der Waals surface area contributed by atoms with Crippen LogP contribution in [0.4, 0.5) is 0 Å². The third-order valence-electron chi connectivity index (χ3n) is 4.28. The Morgan fingerprint density at radius 3 is 2.16 bits per heavy atom. The zero-order chi connectivity index (χ0) is 19.0. The van der Waals surface area contributed by atoms with E-state index in [9.17, 15) is 4.79 Å². The molecule has 0 aliphatic heterocycles. The molecule has 4 nitrogen and oxygen atoms in total. The summed E-state index contributed by atoms with van der Waals surface area (Å²) in [6, 6.07) is 8.30. The molecule has 4 heteroatoms. The molecule has 0 bridgehead atoms. The minimum absolute atomic E-state index is 0.208. The topological polar surface area (TPSA) is 44.8 Å². The zero-order valence-electron chi connectivity index (χ0n) is 16.8. The molecule has 0 aliphatic rings. The molecule has 25 heavy (non-hydrogen) atoms. The first-order valence-electron chi connectivity index (χ1n) is 9.14. The van der Waals surface area contributed by atoms with Crippen molar-refractivity contribution >= 4 is 5.97 Å². The minimum atomic E-state index is -0.362. The number of hydrogen-bond donors (Lipinski definition) is 0. The maximum atomic E-state index is 11.1. The van der Waals surface area contributed by atoms with Gasteiger partial charge in [0.15, 0.2) is 6.29 Å². The highest BCUT2D eigenvalue weighted by Gasteiger charge is 2.28. The van der Waals surface area contributed by atoms with Crippen LogP contribution in [0, 0.1) is 11.3 Å². The van der Waals surface area contributed by atoms with Gasteiger partial charge < -0.3 is 14.2 Å². The molecule has 0 fully saturated rings. The van der Waals surface area contributed by atoms with Crippen molar-refractivity contribution in [2.45, 2.75) is 66.6 Å². The van der Waals surface area contributed by atoms with Crippen LogP contribution < -0.4 is 4.74 Å². The summed E-state index contributed by atoms with van der Waals surface area (Å²) in [5, 5.41) is 0. The molecule has 0 spiro atoms. The van der Waals surface area contributed by atoms with E-state index < -0.39 is 0 Å². The Labute approximate surface area is 152 Å². The van der Waals surface area contributed by atoms with Crippen LogP contribution in [-0.4, -0.2) is 26.0 Å². The van der Waals surface area contributed by atoms with Crippen molar-refractivity contribution < 1.29 is 19.0 Å². The van der Waals surface area contributed by atoms with E-state index in [4.69, 9.17) is 9.47 Å². The number of rotatable bonds is 9.